The van der Waals surface area contributed by atoms with Gasteiger partial charge >= 0.3 is 0 Å². The summed E-state index contributed by atoms with van der Waals surface area (Å²) < 4.78 is 0. The third-order valence-corrected chi connectivity index (χ3v) is 3.23. The van der Waals surface area contributed by atoms with Gasteiger partial charge in [-0.1, -0.05) is 19.1 Å². The molecule has 3 nitrogen and oxygen atoms in total. The number of fused-ring (bicyclic) bond motifs is 1. The molecule has 2 rings (SSSR count). The van der Waals surface area contributed by atoms with Gasteiger partial charge in [-0.05, 0) is 37.0 Å². The van der Waals surface area contributed by atoms with E-state index in [0.717, 1.165) is 30.5 Å². The van der Waals surface area contributed by atoms with Gasteiger partial charge in [0, 0.05) is 6.54 Å². The van der Waals surface area contributed by atoms with Crippen molar-refractivity contribution in [3.05, 3.63) is 42.0 Å². The number of carbonyl (C=O) groups is 2. The van der Waals surface area contributed by atoms with Crippen molar-refractivity contribution in [1.82, 2.24) is 0 Å². The molecule has 0 spiro atoms. The van der Waals surface area contributed by atoms with Crippen LogP contribution in [0.4, 0.5) is 5.69 Å². The zero-order valence-corrected chi connectivity index (χ0v) is 10.6. The van der Waals surface area contributed by atoms with Crippen LogP contribution in [0.5, 0.6) is 0 Å². The van der Waals surface area contributed by atoms with Crippen LogP contribution in [0.2, 0.25) is 0 Å². The molecule has 0 saturated heterocycles. The zero-order valence-electron chi connectivity index (χ0n) is 10.6. The summed E-state index contributed by atoms with van der Waals surface area (Å²) in [6, 6.07) is 5.69. The molecule has 0 aliphatic carbocycles. The summed E-state index contributed by atoms with van der Waals surface area (Å²) in [6.45, 7) is 6.27. The summed E-state index contributed by atoms with van der Waals surface area (Å²) in [6.07, 6.45) is 4.37. The van der Waals surface area contributed by atoms with E-state index in [1.54, 1.807) is 4.90 Å². The number of hydrogen-bond acceptors (Lipinski definition) is 2. The van der Waals surface area contributed by atoms with Gasteiger partial charge < -0.3 is 4.90 Å². The minimum Gasteiger partial charge on any atom is -0.305 e. The molecule has 0 radical (unpaired) electrons. The Hall–Kier alpha value is -1.90. The van der Waals surface area contributed by atoms with Crippen molar-refractivity contribution in [2.24, 2.45) is 0 Å². The van der Waals surface area contributed by atoms with Crippen LogP contribution in [0.3, 0.4) is 0 Å². The number of aryl methyl sites for hydroxylation is 1. The predicted octanol–water partition coefficient (Wildman–Crippen LogP) is 2.74. The molecule has 0 N–H and O–H groups in total. The van der Waals surface area contributed by atoms with E-state index in [9.17, 15) is 9.59 Å². The van der Waals surface area contributed by atoms with Crippen molar-refractivity contribution in [1.29, 1.82) is 0 Å². The molecule has 0 saturated carbocycles. The minimum absolute atomic E-state index is 0.376. The van der Waals surface area contributed by atoms with Crippen LogP contribution in [-0.2, 0) is 11.2 Å². The monoisotopic (exact) mass is 243 g/mol. The highest BCUT2D eigenvalue weighted by atomic mass is 16.2. The van der Waals surface area contributed by atoms with Crippen LogP contribution < -0.4 is 4.90 Å². The Morgan fingerprint density at radius 3 is 2.78 bits per heavy atom. The predicted molar refractivity (Wildman–Crippen MR) is 71.9 cm³/mol. The third-order valence-electron chi connectivity index (χ3n) is 3.23. The summed E-state index contributed by atoms with van der Waals surface area (Å²) in [5, 5.41) is 0. The second-order valence-corrected chi connectivity index (χ2v) is 4.42. The molecule has 94 valence electrons. The minimum atomic E-state index is -0.401. The van der Waals surface area contributed by atoms with E-state index in [2.05, 4.69) is 6.58 Å². The van der Waals surface area contributed by atoms with Crippen molar-refractivity contribution in [2.45, 2.75) is 26.2 Å². The smallest absolute Gasteiger partial charge is 0.299 e. The summed E-state index contributed by atoms with van der Waals surface area (Å²) in [5.74, 6) is -0.777. The molecule has 3 heteroatoms. The van der Waals surface area contributed by atoms with Crippen LogP contribution >= 0.6 is 0 Å². The number of benzene rings is 1. The molecule has 1 aromatic rings. The molecule has 0 atom stereocenters. The van der Waals surface area contributed by atoms with Crippen LogP contribution in [-0.4, -0.2) is 18.2 Å². The Balaban J connectivity index is 2.28. The number of Topliss-reactive ketones (excluding diaryl/α,β-unsaturated/α-hetero) is 1. The molecule has 0 bridgehead atoms. The fourth-order valence-electron chi connectivity index (χ4n) is 2.18. The van der Waals surface area contributed by atoms with Crippen LogP contribution in [0.25, 0.3) is 0 Å². The lowest BCUT2D eigenvalue weighted by atomic mass is 10.1. The Morgan fingerprint density at radius 1 is 1.33 bits per heavy atom. The van der Waals surface area contributed by atoms with E-state index >= 15 is 0 Å². The SMILES string of the molecule is C=CCCCN1C(=O)C(=O)c2cc(CC)ccc21. The number of allylic oxidation sites excluding steroid dienone is 1. The van der Waals surface area contributed by atoms with E-state index < -0.39 is 5.91 Å². The molecule has 0 unspecified atom stereocenters. The molecule has 1 amide bonds. The normalized spacial score (nSPS) is 13.9. The molecule has 1 aliphatic rings. The lowest BCUT2D eigenvalue weighted by Crippen LogP contribution is -2.30. The van der Waals surface area contributed by atoms with Crippen LogP contribution in [0.15, 0.2) is 30.9 Å². The first-order chi connectivity index (χ1) is 8.69. The molecule has 1 aliphatic heterocycles. The van der Waals surface area contributed by atoms with Crippen molar-refractivity contribution in [2.75, 3.05) is 11.4 Å². The van der Waals surface area contributed by atoms with Gasteiger partial charge in [0.1, 0.15) is 0 Å². The highest BCUT2D eigenvalue weighted by molar-refractivity contribution is 6.52. The summed E-state index contributed by atoms with van der Waals surface area (Å²) in [5.41, 5.74) is 2.40. The number of ketones is 1. The topological polar surface area (TPSA) is 37.4 Å². The number of hydrogen-bond donors (Lipinski definition) is 0. The number of carbonyl (C=O) groups excluding carboxylic acids is 2. The maximum atomic E-state index is 11.9. The third kappa shape index (κ3) is 2.08. The quantitative estimate of drug-likeness (QED) is 0.453. The van der Waals surface area contributed by atoms with Crippen LogP contribution in [0.1, 0.15) is 35.7 Å². The number of anilines is 1. The molecule has 0 aromatic heterocycles. The summed E-state index contributed by atoms with van der Waals surface area (Å²) in [4.78, 5) is 25.4. The highest BCUT2D eigenvalue weighted by Gasteiger charge is 2.35. The van der Waals surface area contributed by atoms with Gasteiger partial charge in [-0.2, -0.15) is 0 Å². The lowest BCUT2D eigenvalue weighted by molar-refractivity contribution is -0.114. The maximum absolute atomic E-state index is 11.9. The second-order valence-electron chi connectivity index (χ2n) is 4.42. The van der Waals surface area contributed by atoms with Gasteiger partial charge in [0.15, 0.2) is 0 Å². The van der Waals surface area contributed by atoms with Gasteiger partial charge in [-0.3, -0.25) is 9.59 Å². The van der Waals surface area contributed by atoms with Gasteiger partial charge in [0.2, 0.25) is 0 Å². The maximum Gasteiger partial charge on any atom is 0.299 e. The largest absolute Gasteiger partial charge is 0.305 e. The Labute approximate surface area is 107 Å². The summed E-state index contributed by atoms with van der Waals surface area (Å²) in [7, 11) is 0. The highest BCUT2D eigenvalue weighted by Crippen LogP contribution is 2.30. The summed E-state index contributed by atoms with van der Waals surface area (Å²) >= 11 is 0. The number of rotatable bonds is 5. The molecular weight excluding hydrogens is 226 g/mol. The standard InChI is InChI=1S/C15H17NO2/c1-3-5-6-9-16-13-8-7-11(4-2)10-12(13)14(17)15(16)18/h3,7-8,10H,1,4-6,9H2,2H3. The van der Waals surface area contributed by atoms with E-state index in [-0.39, 0.29) is 5.78 Å². The van der Waals surface area contributed by atoms with Gasteiger partial charge in [0.25, 0.3) is 11.7 Å². The fourth-order valence-corrected chi connectivity index (χ4v) is 2.18. The zero-order chi connectivity index (χ0) is 13.1. The Morgan fingerprint density at radius 2 is 2.11 bits per heavy atom. The first-order valence-electron chi connectivity index (χ1n) is 6.29. The molecule has 18 heavy (non-hydrogen) atoms. The van der Waals surface area contributed by atoms with Gasteiger partial charge in [0.05, 0.1) is 11.3 Å². The fraction of sp³-hybridized carbons (Fsp3) is 0.333. The molecular formula is C15H17NO2. The average molecular weight is 243 g/mol. The second kappa shape index (κ2) is 5.17. The lowest BCUT2D eigenvalue weighted by Gasteiger charge is -2.15. The first kappa shape index (κ1) is 12.6. The van der Waals surface area contributed by atoms with Crippen LogP contribution in [0, 0.1) is 0 Å². The van der Waals surface area contributed by atoms with E-state index in [0.29, 0.717) is 12.1 Å². The van der Waals surface area contributed by atoms with Crippen molar-refractivity contribution in [3.63, 3.8) is 0 Å². The van der Waals surface area contributed by atoms with E-state index in [1.165, 1.54) is 0 Å². The van der Waals surface area contributed by atoms with Crippen molar-refractivity contribution >= 4 is 17.4 Å². The first-order valence-corrected chi connectivity index (χ1v) is 6.29. The van der Waals surface area contributed by atoms with Crippen molar-refractivity contribution in [3.8, 4) is 0 Å². The molecule has 1 aromatic carbocycles. The molecule has 1 heterocycles. The van der Waals surface area contributed by atoms with E-state index in [1.807, 2.05) is 31.2 Å². The number of nitrogens with zero attached hydrogens (tertiary/aromatic N) is 1. The average Bonchev–Trinajstić information content (AvgIpc) is 2.63. The van der Waals surface area contributed by atoms with Gasteiger partial charge in [-0.25, -0.2) is 0 Å². The molecule has 0 fully saturated rings. The van der Waals surface area contributed by atoms with E-state index in [4.69, 9.17) is 0 Å². The van der Waals surface area contributed by atoms with Crippen molar-refractivity contribution < 1.29 is 9.59 Å². The number of amides is 1. The Kier molecular flexibility index (Phi) is 3.60. The van der Waals surface area contributed by atoms with Gasteiger partial charge in [-0.15, -0.1) is 6.58 Å². The Bertz CT molecular complexity index is 505. The number of unbranched alkanes of at least 4 members (excludes halogenated alkanes) is 1.